The number of likely N-dealkylation sites (N-methyl/N-ethyl adjacent to an activating group) is 1. The Labute approximate surface area is 82.9 Å². The van der Waals surface area contributed by atoms with Gasteiger partial charge in [0.1, 0.15) is 5.82 Å². The van der Waals surface area contributed by atoms with Crippen LogP contribution in [0.25, 0.3) is 0 Å². The van der Waals surface area contributed by atoms with Gasteiger partial charge in [0.05, 0.1) is 6.54 Å². The van der Waals surface area contributed by atoms with Gasteiger partial charge in [-0.25, -0.2) is 4.98 Å². The van der Waals surface area contributed by atoms with Crippen LogP contribution in [0.3, 0.4) is 0 Å². The Balaban J connectivity index is 2.78. The monoisotopic (exact) mass is 194 g/mol. The first-order valence-electron chi connectivity index (χ1n) is 4.26. The molecule has 0 spiro atoms. The number of hydrogen-bond donors (Lipinski definition) is 2. The molecule has 0 bridgehead atoms. The first-order valence-corrected chi connectivity index (χ1v) is 4.26. The van der Waals surface area contributed by atoms with Gasteiger partial charge in [-0.15, -0.1) is 0 Å². The van der Waals surface area contributed by atoms with Crippen LogP contribution in [0.1, 0.15) is 0 Å². The molecule has 0 aliphatic heterocycles. The highest BCUT2D eigenvalue weighted by Gasteiger charge is 2.04. The van der Waals surface area contributed by atoms with Crippen molar-refractivity contribution in [3.8, 4) is 0 Å². The Morgan fingerprint density at radius 3 is 3.00 bits per heavy atom. The zero-order chi connectivity index (χ0) is 10.6. The standard InChI is InChI=1S/C9H14N4O/c1-11-9-5-7(3-4-12-9)13(2)6-8(10)14/h3-5H,6H2,1-2H3,(H2,10,14)(H,11,12). The molecule has 14 heavy (non-hydrogen) atoms. The lowest BCUT2D eigenvalue weighted by molar-refractivity contribution is -0.116. The summed E-state index contributed by atoms with van der Waals surface area (Å²) in [5.41, 5.74) is 6.00. The maximum Gasteiger partial charge on any atom is 0.236 e. The Hall–Kier alpha value is -1.78. The van der Waals surface area contributed by atoms with Crippen LogP contribution in [0.4, 0.5) is 11.5 Å². The molecule has 0 fully saturated rings. The van der Waals surface area contributed by atoms with Crippen LogP contribution in [0.5, 0.6) is 0 Å². The number of primary amides is 1. The van der Waals surface area contributed by atoms with Crippen LogP contribution in [0.2, 0.25) is 0 Å². The summed E-state index contributed by atoms with van der Waals surface area (Å²) in [4.78, 5) is 16.5. The molecule has 1 rings (SSSR count). The van der Waals surface area contributed by atoms with Crippen molar-refractivity contribution < 1.29 is 4.79 Å². The molecule has 0 unspecified atom stereocenters. The van der Waals surface area contributed by atoms with Gasteiger partial charge in [0.25, 0.3) is 0 Å². The SMILES string of the molecule is CNc1cc(N(C)CC(N)=O)ccn1. The highest BCUT2D eigenvalue weighted by atomic mass is 16.1. The summed E-state index contributed by atoms with van der Waals surface area (Å²) in [6.07, 6.45) is 1.68. The van der Waals surface area contributed by atoms with E-state index in [9.17, 15) is 4.79 Å². The Bertz CT molecular complexity index is 326. The minimum absolute atomic E-state index is 0.202. The first kappa shape index (κ1) is 10.3. The van der Waals surface area contributed by atoms with Crippen molar-refractivity contribution in [3.05, 3.63) is 18.3 Å². The number of nitrogens with one attached hydrogen (secondary N) is 1. The average Bonchev–Trinajstić information content (AvgIpc) is 2.17. The highest BCUT2D eigenvalue weighted by Crippen LogP contribution is 2.14. The number of anilines is 2. The van der Waals surface area contributed by atoms with Crippen molar-refractivity contribution in [2.24, 2.45) is 5.73 Å². The van der Waals surface area contributed by atoms with E-state index in [1.807, 2.05) is 12.1 Å². The number of carbonyl (C=O) groups is 1. The molecule has 0 saturated heterocycles. The van der Waals surface area contributed by atoms with Gasteiger partial charge >= 0.3 is 0 Å². The summed E-state index contributed by atoms with van der Waals surface area (Å²) < 4.78 is 0. The van der Waals surface area contributed by atoms with E-state index in [4.69, 9.17) is 5.73 Å². The van der Waals surface area contributed by atoms with Crippen molar-refractivity contribution in [2.75, 3.05) is 30.9 Å². The topological polar surface area (TPSA) is 71.2 Å². The number of nitrogens with zero attached hydrogens (tertiary/aromatic N) is 2. The summed E-state index contributed by atoms with van der Waals surface area (Å²) in [6, 6.07) is 3.67. The van der Waals surface area contributed by atoms with E-state index < -0.39 is 0 Å². The van der Waals surface area contributed by atoms with Crippen molar-refractivity contribution in [2.45, 2.75) is 0 Å². The zero-order valence-electron chi connectivity index (χ0n) is 8.32. The number of hydrogen-bond acceptors (Lipinski definition) is 4. The first-order chi connectivity index (χ1) is 6.63. The molecular formula is C9H14N4O. The molecule has 0 aromatic carbocycles. The Kier molecular flexibility index (Phi) is 3.28. The minimum Gasteiger partial charge on any atom is -0.373 e. The van der Waals surface area contributed by atoms with E-state index in [2.05, 4.69) is 10.3 Å². The summed E-state index contributed by atoms with van der Waals surface area (Å²) in [5.74, 6) is 0.411. The molecule has 0 aliphatic rings. The predicted molar refractivity (Wildman–Crippen MR) is 56.2 cm³/mol. The fourth-order valence-electron chi connectivity index (χ4n) is 1.12. The second-order valence-electron chi connectivity index (χ2n) is 2.97. The van der Waals surface area contributed by atoms with Crippen LogP contribution in [-0.4, -0.2) is 31.5 Å². The van der Waals surface area contributed by atoms with Gasteiger partial charge in [0.2, 0.25) is 5.91 Å². The second-order valence-corrected chi connectivity index (χ2v) is 2.97. The Morgan fingerprint density at radius 2 is 2.43 bits per heavy atom. The molecule has 5 nitrogen and oxygen atoms in total. The van der Waals surface area contributed by atoms with Crippen molar-refractivity contribution >= 4 is 17.4 Å². The number of pyridine rings is 1. The second kappa shape index (κ2) is 4.45. The molecule has 1 aromatic rings. The molecular weight excluding hydrogens is 180 g/mol. The van der Waals surface area contributed by atoms with Gasteiger partial charge in [-0.05, 0) is 6.07 Å². The lowest BCUT2D eigenvalue weighted by Gasteiger charge is -2.17. The lowest BCUT2D eigenvalue weighted by Crippen LogP contribution is -2.30. The van der Waals surface area contributed by atoms with Gasteiger partial charge in [-0.2, -0.15) is 0 Å². The third-order valence-electron chi connectivity index (χ3n) is 1.83. The summed E-state index contributed by atoms with van der Waals surface area (Å²) in [5, 5.41) is 2.92. The fourth-order valence-corrected chi connectivity index (χ4v) is 1.12. The Morgan fingerprint density at radius 1 is 1.71 bits per heavy atom. The molecule has 76 valence electrons. The van der Waals surface area contributed by atoms with Crippen molar-refractivity contribution in [3.63, 3.8) is 0 Å². The average molecular weight is 194 g/mol. The fraction of sp³-hybridized carbons (Fsp3) is 0.333. The summed E-state index contributed by atoms with van der Waals surface area (Å²) >= 11 is 0. The van der Waals surface area contributed by atoms with E-state index in [0.29, 0.717) is 0 Å². The molecule has 5 heteroatoms. The van der Waals surface area contributed by atoms with Gasteiger partial charge in [-0.3, -0.25) is 4.79 Å². The molecule has 0 radical (unpaired) electrons. The van der Waals surface area contributed by atoms with Gasteiger partial charge < -0.3 is 16.0 Å². The number of carbonyl (C=O) groups excluding carboxylic acids is 1. The lowest BCUT2D eigenvalue weighted by atomic mass is 10.3. The number of rotatable bonds is 4. The summed E-state index contributed by atoms with van der Waals surface area (Å²) in [7, 11) is 3.60. The number of amides is 1. The van der Waals surface area contributed by atoms with E-state index in [1.54, 1.807) is 25.2 Å². The largest absolute Gasteiger partial charge is 0.373 e. The van der Waals surface area contributed by atoms with Gasteiger partial charge in [0, 0.05) is 32.0 Å². The van der Waals surface area contributed by atoms with E-state index >= 15 is 0 Å². The van der Waals surface area contributed by atoms with Crippen LogP contribution in [-0.2, 0) is 4.79 Å². The van der Waals surface area contributed by atoms with Crippen LogP contribution in [0.15, 0.2) is 18.3 Å². The molecule has 3 N–H and O–H groups in total. The van der Waals surface area contributed by atoms with E-state index in [-0.39, 0.29) is 12.5 Å². The summed E-state index contributed by atoms with van der Waals surface area (Å²) in [6.45, 7) is 0.202. The molecule has 0 aliphatic carbocycles. The van der Waals surface area contributed by atoms with Crippen LogP contribution < -0.4 is 16.0 Å². The molecule has 1 amide bonds. The van der Waals surface area contributed by atoms with Crippen molar-refractivity contribution in [1.82, 2.24) is 4.98 Å². The van der Waals surface area contributed by atoms with Gasteiger partial charge in [-0.1, -0.05) is 0 Å². The maximum atomic E-state index is 10.7. The third kappa shape index (κ3) is 2.62. The number of nitrogens with two attached hydrogens (primary N) is 1. The van der Waals surface area contributed by atoms with E-state index in [1.165, 1.54) is 0 Å². The highest BCUT2D eigenvalue weighted by molar-refractivity contribution is 5.79. The molecule has 1 aromatic heterocycles. The quantitative estimate of drug-likeness (QED) is 0.710. The third-order valence-corrected chi connectivity index (χ3v) is 1.83. The van der Waals surface area contributed by atoms with Crippen LogP contribution in [0, 0.1) is 0 Å². The minimum atomic E-state index is -0.352. The molecule has 0 saturated carbocycles. The molecule has 1 heterocycles. The predicted octanol–water partition coefficient (Wildman–Crippen LogP) is 0.0448. The van der Waals surface area contributed by atoms with Crippen LogP contribution >= 0.6 is 0 Å². The normalized spacial score (nSPS) is 9.57. The zero-order valence-corrected chi connectivity index (χ0v) is 8.32. The molecule has 0 atom stereocenters. The van der Waals surface area contributed by atoms with Gasteiger partial charge in [0.15, 0.2) is 0 Å². The number of aromatic nitrogens is 1. The van der Waals surface area contributed by atoms with Crippen molar-refractivity contribution in [1.29, 1.82) is 0 Å². The smallest absolute Gasteiger partial charge is 0.236 e. The van der Waals surface area contributed by atoms with E-state index in [0.717, 1.165) is 11.5 Å². The maximum absolute atomic E-state index is 10.7.